The van der Waals surface area contributed by atoms with Crippen LogP contribution in [0.3, 0.4) is 0 Å². The Morgan fingerprint density at radius 2 is 1.83 bits per heavy atom. The molecular formula is C16H27N5O7S. The van der Waals surface area contributed by atoms with E-state index in [1.165, 1.54) is 4.90 Å². The number of primary amides is 1. The maximum Gasteiger partial charge on any atom is 0.328 e. The molecule has 0 aliphatic carbocycles. The van der Waals surface area contributed by atoms with Crippen molar-refractivity contribution in [1.82, 2.24) is 15.5 Å². The van der Waals surface area contributed by atoms with Crippen molar-refractivity contribution in [3.63, 3.8) is 0 Å². The van der Waals surface area contributed by atoms with Crippen LogP contribution in [0, 0.1) is 0 Å². The van der Waals surface area contributed by atoms with E-state index in [2.05, 4.69) is 23.3 Å². The summed E-state index contributed by atoms with van der Waals surface area (Å²) in [6, 6.07) is -4.58. The summed E-state index contributed by atoms with van der Waals surface area (Å²) >= 11 is 3.98. The van der Waals surface area contributed by atoms with Crippen LogP contribution in [-0.4, -0.2) is 87.8 Å². The van der Waals surface area contributed by atoms with Gasteiger partial charge in [0, 0.05) is 18.7 Å². The highest BCUT2D eigenvalue weighted by Gasteiger charge is 2.37. The lowest BCUT2D eigenvalue weighted by atomic mass is 10.1. The predicted octanol–water partition coefficient (Wildman–Crippen LogP) is -3.45. The number of carboxylic acids is 1. The largest absolute Gasteiger partial charge is 0.480 e. The molecule has 0 aromatic carbocycles. The average Bonchev–Trinajstić information content (AvgIpc) is 3.17. The topological polar surface area (TPSA) is 205 Å². The van der Waals surface area contributed by atoms with Crippen LogP contribution in [0.15, 0.2) is 0 Å². The molecule has 29 heavy (non-hydrogen) atoms. The lowest BCUT2D eigenvalue weighted by Crippen LogP contribution is -2.57. The molecule has 1 saturated heterocycles. The third-order valence-electron chi connectivity index (χ3n) is 4.46. The van der Waals surface area contributed by atoms with Gasteiger partial charge < -0.3 is 37.2 Å². The molecule has 4 amide bonds. The number of amides is 4. The minimum Gasteiger partial charge on any atom is -0.480 e. The molecule has 0 saturated carbocycles. The zero-order chi connectivity index (χ0) is 22.1. The van der Waals surface area contributed by atoms with E-state index >= 15 is 0 Å². The van der Waals surface area contributed by atoms with Crippen LogP contribution < -0.4 is 22.1 Å². The molecule has 1 aliphatic heterocycles. The standard InChI is InChI=1S/C16H27N5O7S/c17-8(7-29)15(26)21-5-1-2-11(21)14(25)19-9(3-4-12(18)23)13(24)20-10(6-22)16(27)28/h8-11,22,29H,1-7,17H2,(H2,18,23)(H,19,25)(H,20,24)(H,27,28). The first-order chi connectivity index (χ1) is 13.6. The van der Waals surface area contributed by atoms with E-state index in [-0.39, 0.29) is 18.6 Å². The van der Waals surface area contributed by atoms with Gasteiger partial charge >= 0.3 is 5.97 Å². The fraction of sp³-hybridized carbons (Fsp3) is 0.688. The van der Waals surface area contributed by atoms with E-state index in [9.17, 15) is 24.0 Å². The molecule has 4 atom stereocenters. The molecule has 13 heteroatoms. The van der Waals surface area contributed by atoms with E-state index in [4.69, 9.17) is 21.7 Å². The first kappa shape index (κ1) is 24.7. The first-order valence-electron chi connectivity index (χ1n) is 9.02. The second-order valence-corrected chi connectivity index (χ2v) is 6.99. The number of rotatable bonds is 11. The molecule has 0 bridgehead atoms. The Kier molecular flexibility index (Phi) is 9.85. The number of aliphatic hydroxyl groups excluding tert-OH is 1. The van der Waals surface area contributed by atoms with Crippen molar-refractivity contribution >= 4 is 42.2 Å². The monoisotopic (exact) mass is 433 g/mol. The zero-order valence-corrected chi connectivity index (χ0v) is 16.6. The molecule has 1 aliphatic rings. The van der Waals surface area contributed by atoms with Gasteiger partial charge in [0.05, 0.1) is 12.6 Å². The highest BCUT2D eigenvalue weighted by Crippen LogP contribution is 2.19. The number of thiol groups is 1. The lowest BCUT2D eigenvalue weighted by Gasteiger charge is -2.28. The Bertz CT molecular complexity index is 647. The summed E-state index contributed by atoms with van der Waals surface area (Å²) in [5.74, 6) is -4.06. The Morgan fingerprint density at radius 3 is 2.34 bits per heavy atom. The van der Waals surface area contributed by atoms with Crippen LogP contribution in [0.5, 0.6) is 0 Å². The summed E-state index contributed by atoms with van der Waals surface area (Å²) in [7, 11) is 0. The maximum absolute atomic E-state index is 12.7. The number of nitrogens with one attached hydrogen (secondary N) is 2. The lowest BCUT2D eigenvalue weighted by molar-refractivity contribution is -0.144. The smallest absolute Gasteiger partial charge is 0.328 e. The van der Waals surface area contributed by atoms with Crippen molar-refractivity contribution < 1.29 is 34.2 Å². The van der Waals surface area contributed by atoms with Crippen molar-refractivity contribution in [2.75, 3.05) is 18.9 Å². The highest BCUT2D eigenvalue weighted by atomic mass is 32.1. The van der Waals surface area contributed by atoms with Gasteiger partial charge in [0.1, 0.15) is 18.1 Å². The number of aliphatic hydroxyl groups is 1. The average molecular weight is 433 g/mol. The van der Waals surface area contributed by atoms with Crippen molar-refractivity contribution in [2.45, 2.75) is 49.9 Å². The highest BCUT2D eigenvalue weighted by molar-refractivity contribution is 7.80. The molecule has 1 heterocycles. The van der Waals surface area contributed by atoms with Crippen LogP contribution in [-0.2, 0) is 24.0 Å². The van der Waals surface area contributed by atoms with Crippen LogP contribution in [0.1, 0.15) is 25.7 Å². The quantitative estimate of drug-likeness (QED) is 0.163. The number of carbonyl (C=O) groups is 5. The molecule has 164 valence electrons. The van der Waals surface area contributed by atoms with Gasteiger partial charge in [-0.2, -0.15) is 12.6 Å². The Morgan fingerprint density at radius 1 is 1.17 bits per heavy atom. The summed E-state index contributed by atoms with van der Waals surface area (Å²) in [5.41, 5.74) is 10.8. The summed E-state index contributed by atoms with van der Waals surface area (Å²) in [6.45, 7) is -0.535. The number of carbonyl (C=O) groups excluding carboxylic acids is 4. The molecule has 0 aromatic rings. The predicted molar refractivity (Wildman–Crippen MR) is 104 cm³/mol. The minimum absolute atomic E-state index is 0.102. The number of hydrogen-bond donors (Lipinski definition) is 7. The molecule has 0 spiro atoms. The molecule has 1 fully saturated rings. The van der Waals surface area contributed by atoms with Crippen LogP contribution >= 0.6 is 12.6 Å². The van der Waals surface area contributed by atoms with E-state index in [0.29, 0.717) is 19.4 Å². The van der Waals surface area contributed by atoms with Crippen molar-refractivity contribution in [3.05, 3.63) is 0 Å². The Hall–Kier alpha value is -2.38. The van der Waals surface area contributed by atoms with E-state index in [0.717, 1.165) is 0 Å². The SMILES string of the molecule is NC(=O)CCC(NC(=O)C1CCCN1C(=O)C(N)CS)C(=O)NC(CO)C(=O)O. The van der Waals surface area contributed by atoms with Crippen LogP contribution in [0.25, 0.3) is 0 Å². The Labute approximate surface area is 172 Å². The van der Waals surface area contributed by atoms with Crippen LogP contribution in [0.2, 0.25) is 0 Å². The van der Waals surface area contributed by atoms with E-state index in [1.54, 1.807) is 0 Å². The second-order valence-electron chi connectivity index (χ2n) is 6.63. The van der Waals surface area contributed by atoms with E-state index in [1.807, 2.05) is 0 Å². The number of nitrogens with two attached hydrogens (primary N) is 2. The van der Waals surface area contributed by atoms with Gasteiger partial charge in [-0.3, -0.25) is 19.2 Å². The number of nitrogens with zero attached hydrogens (tertiary/aromatic N) is 1. The van der Waals surface area contributed by atoms with Gasteiger partial charge in [0.2, 0.25) is 23.6 Å². The third-order valence-corrected chi connectivity index (χ3v) is 4.86. The van der Waals surface area contributed by atoms with Gasteiger partial charge in [-0.25, -0.2) is 4.79 Å². The molecule has 1 rings (SSSR count). The zero-order valence-electron chi connectivity index (χ0n) is 15.7. The van der Waals surface area contributed by atoms with Crippen LogP contribution in [0.4, 0.5) is 0 Å². The summed E-state index contributed by atoms with van der Waals surface area (Å²) < 4.78 is 0. The first-order valence-corrected chi connectivity index (χ1v) is 9.65. The van der Waals surface area contributed by atoms with Crippen molar-refractivity contribution in [2.24, 2.45) is 11.5 Å². The van der Waals surface area contributed by atoms with Crippen molar-refractivity contribution in [3.8, 4) is 0 Å². The fourth-order valence-corrected chi connectivity index (χ4v) is 3.03. The summed E-state index contributed by atoms with van der Waals surface area (Å²) in [4.78, 5) is 60.8. The van der Waals surface area contributed by atoms with Gasteiger partial charge in [-0.15, -0.1) is 0 Å². The van der Waals surface area contributed by atoms with Gasteiger partial charge in [-0.1, -0.05) is 0 Å². The van der Waals surface area contributed by atoms with Gasteiger partial charge in [0.25, 0.3) is 0 Å². The minimum atomic E-state index is -1.58. The normalized spacial score (nSPS) is 19.1. The molecule has 12 nitrogen and oxygen atoms in total. The number of hydrogen-bond acceptors (Lipinski definition) is 8. The van der Waals surface area contributed by atoms with Gasteiger partial charge in [0.15, 0.2) is 0 Å². The third kappa shape index (κ3) is 7.18. The summed E-state index contributed by atoms with van der Waals surface area (Å²) in [6.07, 6.45) is 0.497. The number of aliphatic carboxylic acids is 1. The second kappa shape index (κ2) is 11.6. The molecule has 8 N–H and O–H groups in total. The molecule has 4 unspecified atom stereocenters. The number of carboxylic acid groups (broad SMARTS) is 1. The molecule has 0 radical (unpaired) electrons. The molecular weight excluding hydrogens is 406 g/mol. The fourth-order valence-electron chi connectivity index (χ4n) is 2.88. The molecule has 0 aromatic heterocycles. The number of likely N-dealkylation sites (tertiary alicyclic amines) is 1. The van der Waals surface area contributed by atoms with Crippen molar-refractivity contribution in [1.29, 1.82) is 0 Å². The summed E-state index contributed by atoms with van der Waals surface area (Å²) in [5, 5.41) is 22.5. The maximum atomic E-state index is 12.7. The van der Waals surface area contributed by atoms with Gasteiger partial charge in [-0.05, 0) is 19.3 Å². The van der Waals surface area contributed by atoms with E-state index < -0.39 is 60.4 Å². The Balaban J connectivity index is 2.89.